The van der Waals surface area contributed by atoms with Crippen molar-refractivity contribution in [3.05, 3.63) is 48.5 Å². The molecule has 0 radical (unpaired) electrons. The summed E-state index contributed by atoms with van der Waals surface area (Å²) < 4.78 is 5.30. The molecule has 4 aromatic rings. The summed E-state index contributed by atoms with van der Waals surface area (Å²) in [4.78, 5) is 16.0. The Morgan fingerprint density at radius 3 is 2.90 bits per heavy atom. The molecule has 3 aromatic heterocycles. The van der Waals surface area contributed by atoms with Crippen molar-refractivity contribution >= 4 is 10.9 Å². The Balaban J connectivity index is 1.81. The third kappa shape index (κ3) is 1.97. The fourth-order valence-corrected chi connectivity index (χ4v) is 2.22. The van der Waals surface area contributed by atoms with Gasteiger partial charge >= 0.3 is 0 Å². The summed E-state index contributed by atoms with van der Waals surface area (Å²) in [5.74, 6) is 0.905. The SMILES string of the molecule is Cc1cnc(-c2nc(-c3cccc4[nH]ccc34)no2)cn1. The van der Waals surface area contributed by atoms with Gasteiger partial charge < -0.3 is 9.51 Å². The summed E-state index contributed by atoms with van der Waals surface area (Å²) in [6.45, 7) is 1.88. The minimum absolute atomic E-state index is 0.366. The van der Waals surface area contributed by atoms with Crippen LogP contribution in [-0.4, -0.2) is 25.1 Å². The molecule has 1 aromatic carbocycles. The molecule has 4 rings (SSSR count). The quantitative estimate of drug-likeness (QED) is 0.609. The first-order valence-electron chi connectivity index (χ1n) is 6.50. The van der Waals surface area contributed by atoms with Gasteiger partial charge in [0.15, 0.2) is 0 Å². The lowest BCUT2D eigenvalue weighted by Crippen LogP contribution is -1.88. The van der Waals surface area contributed by atoms with Gasteiger partial charge in [-0.15, -0.1) is 0 Å². The molecule has 3 heterocycles. The largest absolute Gasteiger partial charge is 0.361 e. The Morgan fingerprint density at radius 1 is 1.10 bits per heavy atom. The Bertz CT molecular complexity index is 907. The van der Waals surface area contributed by atoms with Crippen LogP contribution < -0.4 is 0 Å². The average Bonchev–Trinajstić information content (AvgIpc) is 3.16. The predicted molar refractivity (Wildman–Crippen MR) is 77.4 cm³/mol. The lowest BCUT2D eigenvalue weighted by molar-refractivity contribution is 0.431. The number of hydrogen-bond donors (Lipinski definition) is 1. The van der Waals surface area contributed by atoms with E-state index in [2.05, 4.69) is 25.1 Å². The third-order valence-corrected chi connectivity index (χ3v) is 3.26. The summed E-state index contributed by atoms with van der Waals surface area (Å²) in [6, 6.07) is 7.92. The zero-order chi connectivity index (χ0) is 14.2. The van der Waals surface area contributed by atoms with Crippen LogP contribution in [0.4, 0.5) is 0 Å². The molecule has 0 fully saturated rings. The van der Waals surface area contributed by atoms with Crippen molar-refractivity contribution in [2.45, 2.75) is 6.92 Å². The maximum Gasteiger partial charge on any atom is 0.278 e. The number of nitrogens with zero attached hydrogens (tertiary/aromatic N) is 4. The molecule has 1 N–H and O–H groups in total. The van der Waals surface area contributed by atoms with Gasteiger partial charge in [-0.1, -0.05) is 17.3 Å². The fourth-order valence-electron chi connectivity index (χ4n) is 2.22. The molecule has 0 bridgehead atoms. The zero-order valence-electron chi connectivity index (χ0n) is 11.2. The molecule has 6 heteroatoms. The van der Waals surface area contributed by atoms with Gasteiger partial charge in [0.2, 0.25) is 5.82 Å². The van der Waals surface area contributed by atoms with E-state index in [0.29, 0.717) is 17.4 Å². The first-order chi connectivity index (χ1) is 10.3. The number of benzene rings is 1. The molecule has 0 atom stereocenters. The standard InChI is InChI=1S/C15H11N5O/c1-9-7-18-13(8-17-9)15-19-14(20-21-15)11-3-2-4-12-10(11)5-6-16-12/h2-8,16H,1H3. The predicted octanol–water partition coefficient (Wildman–Crippen LogP) is 2.98. The van der Waals surface area contributed by atoms with Crippen LogP contribution in [0.3, 0.4) is 0 Å². The first-order valence-corrected chi connectivity index (χ1v) is 6.50. The highest BCUT2D eigenvalue weighted by atomic mass is 16.5. The fraction of sp³-hybridized carbons (Fsp3) is 0.0667. The second-order valence-electron chi connectivity index (χ2n) is 4.71. The van der Waals surface area contributed by atoms with Gasteiger partial charge in [-0.25, -0.2) is 4.98 Å². The highest BCUT2D eigenvalue weighted by Crippen LogP contribution is 2.27. The van der Waals surface area contributed by atoms with Crippen LogP contribution in [0.2, 0.25) is 0 Å². The van der Waals surface area contributed by atoms with Crippen LogP contribution in [0.25, 0.3) is 33.9 Å². The highest BCUT2D eigenvalue weighted by molar-refractivity contribution is 5.93. The molecule has 0 saturated heterocycles. The molecule has 0 unspecified atom stereocenters. The molecule has 0 amide bonds. The maximum atomic E-state index is 5.30. The number of H-pyrrole nitrogens is 1. The minimum atomic E-state index is 0.366. The molecule has 21 heavy (non-hydrogen) atoms. The van der Waals surface area contributed by atoms with Gasteiger partial charge in [-0.2, -0.15) is 4.98 Å². The summed E-state index contributed by atoms with van der Waals surface area (Å²) in [6.07, 6.45) is 5.19. The Kier molecular flexibility index (Phi) is 2.53. The zero-order valence-corrected chi connectivity index (χ0v) is 11.2. The van der Waals surface area contributed by atoms with Crippen molar-refractivity contribution in [2.24, 2.45) is 0 Å². The van der Waals surface area contributed by atoms with Gasteiger partial charge in [0.25, 0.3) is 5.89 Å². The van der Waals surface area contributed by atoms with Gasteiger partial charge in [-0.05, 0) is 19.1 Å². The summed E-state index contributed by atoms with van der Waals surface area (Å²) >= 11 is 0. The molecule has 0 saturated carbocycles. The van der Waals surface area contributed by atoms with E-state index in [-0.39, 0.29) is 0 Å². The number of aromatic amines is 1. The topological polar surface area (TPSA) is 80.5 Å². The van der Waals surface area contributed by atoms with E-state index >= 15 is 0 Å². The van der Waals surface area contributed by atoms with Crippen molar-refractivity contribution in [1.82, 2.24) is 25.1 Å². The van der Waals surface area contributed by atoms with E-state index in [1.165, 1.54) is 0 Å². The lowest BCUT2D eigenvalue weighted by Gasteiger charge is -1.96. The summed E-state index contributed by atoms with van der Waals surface area (Å²) in [5.41, 5.74) is 3.37. The normalized spacial score (nSPS) is 11.1. The molecule has 0 aliphatic heterocycles. The smallest absolute Gasteiger partial charge is 0.278 e. The van der Waals surface area contributed by atoms with Crippen LogP contribution in [0.5, 0.6) is 0 Å². The van der Waals surface area contributed by atoms with Crippen LogP contribution in [0, 0.1) is 6.92 Å². The van der Waals surface area contributed by atoms with Crippen molar-refractivity contribution < 1.29 is 4.52 Å². The van der Waals surface area contributed by atoms with Crippen molar-refractivity contribution in [2.75, 3.05) is 0 Å². The first kappa shape index (κ1) is 11.8. The maximum absolute atomic E-state index is 5.30. The molecular weight excluding hydrogens is 266 g/mol. The summed E-state index contributed by atoms with van der Waals surface area (Å²) in [5, 5.41) is 5.10. The van der Waals surface area contributed by atoms with Crippen molar-refractivity contribution in [1.29, 1.82) is 0 Å². The number of nitrogens with one attached hydrogen (secondary N) is 1. The second kappa shape index (κ2) is 4.52. The van der Waals surface area contributed by atoms with Gasteiger partial charge in [0, 0.05) is 28.9 Å². The number of aryl methyl sites for hydroxylation is 1. The second-order valence-corrected chi connectivity index (χ2v) is 4.71. The molecule has 102 valence electrons. The molecule has 6 nitrogen and oxygen atoms in total. The Morgan fingerprint density at radius 2 is 2.05 bits per heavy atom. The van der Waals surface area contributed by atoms with Gasteiger partial charge in [-0.3, -0.25) is 4.98 Å². The molecule has 0 aliphatic carbocycles. The average molecular weight is 277 g/mol. The van der Waals surface area contributed by atoms with Crippen LogP contribution >= 0.6 is 0 Å². The van der Waals surface area contributed by atoms with E-state index in [1.807, 2.05) is 37.4 Å². The van der Waals surface area contributed by atoms with E-state index in [9.17, 15) is 0 Å². The Labute approximate surface area is 119 Å². The monoisotopic (exact) mass is 277 g/mol. The molecule has 0 aliphatic rings. The lowest BCUT2D eigenvalue weighted by atomic mass is 10.1. The third-order valence-electron chi connectivity index (χ3n) is 3.26. The number of fused-ring (bicyclic) bond motifs is 1. The van der Waals surface area contributed by atoms with Crippen LogP contribution in [0.15, 0.2) is 47.4 Å². The van der Waals surface area contributed by atoms with E-state index in [1.54, 1.807) is 12.4 Å². The van der Waals surface area contributed by atoms with Gasteiger partial charge in [0.05, 0.1) is 11.9 Å². The summed E-state index contributed by atoms with van der Waals surface area (Å²) in [7, 11) is 0. The van der Waals surface area contributed by atoms with E-state index in [0.717, 1.165) is 22.2 Å². The molecule has 0 spiro atoms. The van der Waals surface area contributed by atoms with Gasteiger partial charge in [0.1, 0.15) is 5.69 Å². The van der Waals surface area contributed by atoms with Crippen LogP contribution in [-0.2, 0) is 0 Å². The van der Waals surface area contributed by atoms with Crippen LogP contribution in [0.1, 0.15) is 5.69 Å². The van der Waals surface area contributed by atoms with Crippen molar-refractivity contribution in [3.63, 3.8) is 0 Å². The number of rotatable bonds is 2. The highest BCUT2D eigenvalue weighted by Gasteiger charge is 2.14. The minimum Gasteiger partial charge on any atom is -0.361 e. The number of hydrogen-bond acceptors (Lipinski definition) is 5. The van der Waals surface area contributed by atoms with Crippen molar-refractivity contribution in [3.8, 4) is 23.0 Å². The Hall–Kier alpha value is -3.02. The van der Waals surface area contributed by atoms with E-state index in [4.69, 9.17) is 4.52 Å². The molecular formula is C15H11N5O. The number of aromatic nitrogens is 5. The van der Waals surface area contributed by atoms with E-state index < -0.39 is 0 Å².